The van der Waals surface area contributed by atoms with Gasteiger partial charge in [-0.15, -0.1) is 0 Å². The van der Waals surface area contributed by atoms with Crippen molar-refractivity contribution >= 4 is 5.95 Å². The van der Waals surface area contributed by atoms with Crippen LogP contribution in [0.1, 0.15) is 31.2 Å². The average Bonchev–Trinajstić information content (AvgIpc) is 2.62. The van der Waals surface area contributed by atoms with Crippen molar-refractivity contribution in [2.45, 2.75) is 33.6 Å². The lowest BCUT2D eigenvalue weighted by Gasteiger charge is -2.34. The van der Waals surface area contributed by atoms with Gasteiger partial charge in [0.2, 0.25) is 5.95 Å². The monoisotopic (exact) mass is 339 g/mol. The van der Waals surface area contributed by atoms with Crippen LogP contribution in [0, 0.1) is 19.8 Å². The highest BCUT2D eigenvalue weighted by molar-refractivity contribution is 5.62. The fourth-order valence-electron chi connectivity index (χ4n) is 3.70. The van der Waals surface area contributed by atoms with Crippen LogP contribution in [0.2, 0.25) is 0 Å². The summed E-state index contributed by atoms with van der Waals surface area (Å²) in [5.74, 6) is 1.49. The van der Waals surface area contributed by atoms with Gasteiger partial charge in [-0.25, -0.2) is 9.97 Å². The van der Waals surface area contributed by atoms with E-state index in [1.165, 1.54) is 25.9 Å². The Bertz CT molecular complexity index is 715. The van der Waals surface area contributed by atoms with Crippen molar-refractivity contribution in [3.05, 3.63) is 35.8 Å². The van der Waals surface area contributed by atoms with E-state index in [0.717, 1.165) is 41.7 Å². The molecular weight excluding hydrogens is 310 g/mol. The van der Waals surface area contributed by atoms with E-state index in [9.17, 15) is 0 Å². The Morgan fingerprint density at radius 1 is 1.20 bits per heavy atom. The lowest BCUT2D eigenvalue weighted by molar-refractivity contribution is 0.185. The SMILES string of the molecule is CCN1CCC[C@H](CN(C)c2nccc(-c3ccc(C)nc3C)n2)C1. The highest BCUT2D eigenvalue weighted by atomic mass is 15.2. The number of aromatic nitrogens is 3. The molecule has 1 aliphatic heterocycles. The summed E-state index contributed by atoms with van der Waals surface area (Å²) in [6.45, 7) is 10.9. The van der Waals surface area contributed by atoms with Gasteiger partial charge in [0.15, 0.2) is 0 Å². The number of nitrogens with zero attached hydrogens (tertiary/aromatic N) is 5. The third-order valence-corrected chi connectivity index (χ3v) is 5.07. The van der Waals surface area contributed by atoms with E-state index in [4.69, 9.17) is 4.98 Å². The van der Waals surface area contributed by atoms with Crippen LogP contribution in [0.3, 0.4) is 0 Å². The minimum atomic E-state index is 0.689. The predicted octanol–water partition coefficient (Wildman–Crippen LogP) is 3.32. The Labute approximate surface area is 151 Å². The highest BCUT2D eigenvalue weighted by Crippen LogP contribution is 2.23. The maximum atomic E-state index is 4.80. The van der Waals surface area contributed by atoms with Gasteiger partial charge in [-0.3, -0.25) is 4.98 Å². The largest absolute Gasteiger partial charge is 0.344 e. The van der Waals surface area contributed by atoms with Crippen molar-refractivity contribution in [1.29, 1.82) is 0 Å². The molecule has 1 aliphatic rings. The van der Waals surface area contributed by atoms with Gasteiger partial charge < -0.3 is 9.80 Å². The molecule has 0 aromatic carbocycles. The molecule has 5 nitrogen and oxygen atoms in total. The van der Waals surface area contributed by atoms with Crippen molar-refractivity contribution in [3.8, 4) is 11.3 Å². The Morgan fingerprint density at radius 2 is 2.04 bits per heavy atom. The molecule has 1 fully saturated rings. The number of rotatable bonds is 5. The Balaban J connectivity index is 1.74. The minimum Gasteiger partial charge on any atom is -0.344 e. The Kier molecular flexibility index (Phi) is 5.63. The lowest BCUT2D eigenvalue weighted by atomic mass is 9.97. The second-order valence-electron chi connectivity index (χ2n) is 7.11. The average molecular weight is 339 g/mol. The van der Waals surface area contributed by atoms with E-state index in [-0.39, 0.29) is 0 Å². The third-order valence-electron chi connectivity index (χ3n) is 5.07. The molecule has 0 N–H and O–H groups in total. The van der Waals surface area contributed by atoms with Crippen molar-refractivity contribution in [3.63, 3.8) is 0 Å². The molecule has 0 unspecified atom stereocenters. The van der Waals surface area contributed by atoms with Gasteiger partial charge in [-0.05, 0) is 63.9 Å². The van der Waals surface area contributed by atoms with Crippen LogP contribution >= 0.6 is 0 Å². The molecule has 3 rings (SSSR count). The topological polar surface area (TPSA) is 45.2 Å². The summed E-state index contributed by atoms with van der Waals surface area (Å²) < 4.78 is 0. The number of piperidine rings is 1. The molecule has 2 aromatic rings. The van der Waals surface area contributed by atoms with E-state index in [1.807, 2.05) is 32.2 Å². The first-order valence-corrected chi connectivity index (χ1v) is 9.28. The molecule has 0 bridgehead atoms. The molecule has 0 radical (unpaired) electrons. The van der Waals surface area contributed by atoms with Crippen LogP contribution < -0.4 is 4.90 Å². The van der Waals surface area contributed by atoms with E-state index in [0.29, 0.717) is 5.92 Å². The number of aryl methyl sites for hydroxylation is 2. The third kappa shape index (κ3) is 4.34. The van der Waals surface area contributed by atoms with Crippen LogP contribution in [0.4, 0.5) is 5.95 Å². The number of anilines is 1. The molecule has 1 saturated heterocycles. The lowest BCUT2D eigenvalue weighted by Crippen LogP contribution is -2.40. The smallest absolute Gasteiger partial charge is 0.225 e. The number of hydrogen-bond donors (Lipinski definition) is 0. The number of likely N-dealkylation sites (tertiary alicyclic amines) is 1. The predicted molar refractivity (Wildman–Crippen MR) is 103 cm³/mol. The Morgan fingerprint density at radius 3 is 2.80 bits per heavy atom. The molecular formula is C20H29N5. The van der Waals surface area contributed by atoms with Gasteiger partial charge in [0.1, 0.15) is 0 Å². The maximum Gasteiger partial charge on any atom is 0.225 e. The molecule has 0 aliphatic carbocycles. The second-order valence-corrected chi connectivity index (χ2v) is 7.11. The highest BCUT2D eigenvalue weighted by Gasteiger charge is 2.21. The maximum absolute atomic E-state index is 4.80. The molecule has 5 heteroatoms. The first-order valence-electron chi connectivity index (χ1n) is 9.28. The quantitative estimate of drug-likeness (QED) is 0.836. The zero-order valence-electron chi connectivity index (χ0n) is 15.9. The number of hydrogen-bond acceptors (Lipinski definition) is 5. The van der Waals surface area contributed by atoms with Crippen molar-refractivity contribution in [2.75, 3.05) is 38.1 Å². The van der Waals surface area contributed by atoms with Crippen LogP contribution in [0.5, 0.6) is 0 Å². The fraction of sp³-hybridized carbons (Fsp3) is 0.550. The van der Waals surface area contributed by atoms with E-state index < -0.39 is 0 Å². The molecule has 25 heavy (non-hydrogen) atoms. The zero-order valence-corrected chi connectivity index (χ0v) is 15.9. The standard InChI is InChI=1S/C20H29N5/c1-5-25-12-6-7-17(14-25)13-24(4)20-21-11-10-19(23-20)18-9-8-15(2)22-16(18)3/h8-11,17H,5-7,12-14H2,1-4H3/t17-/m1/s1. The fourth-order valence-corrected chi connectivity index (χ4v) is 3.70. The van der Waals surface area contributed by atoms with Crippen molar-refractivity contribution in [2.24, 2.45) is 5.92 Å². The van der Waals surface area contributed by atoms with Gasteiger partial charge in [0, 0.05) is 43.3 Å². The van der Waals surface area contributed by atoms with Gasteiger partial charge in [-0.1, -0.05) is 6.92 Å². The molecule has 0 saturated carbocycles. The second kappa shape index (κ2) is 7.91. The summed E-state index contributed by atoms with van der Waals surface area (Å²) in [6, 6.07) is 6.11. The molecule has 134 valence electrons. The van der Waals surface area contributed by atoms with Crippen LogP contribution in [-0.2, 0) is 0 Å². The minimum absolute atomic E-state index is 0.689. The first kappa shape index (κ1) is 17.8. The summed E-state index contributed by atoms with van der Waals surface area (Å²) >= 11 is 0. The normalized spacial score (nSPS) is 18.3. The van der Waals surface area contributed by atoms with E-state index in [1.54, 1.807) is 0 Å². The van der Waals surface area contributed by atoms with Gasteiger partial charge in [0.05, 0.1) is 5.69 Å². The zero-order chi connectivity index (χ0) is 17.8. The van der Waals surface area contributed by atoms with Crippen LogP contribution in [0.15, 0.2) is 24.4 Å². The van der Waals surface area contributed by atoms with Crippen LogP contribution in [0.25, 0.3) is 11.3 Å². The van der Waals surface area contributed by atoms with Gasteiger partial charge in [-0.2, -0.15) is 0 Å². The van der Waals surface area contributed by atoms with Gasteiger partial charge >= 0.3 is 0 Å². The molecule has 2 aromatic heterocycles. The van der Waals surface area contributed by atoms with E-state index in [2.05, 4.69) is 39.8 Å². The van der Waals surface area contributed by atoms with Gasteiger partial charge in [0.25, 0.3) is 0 Å². The Hall–Kier alpha value is -2.01. The molecule has 0 spiro atoms. The number of pyridine rings is 1. The molecule has 0 amide bonds. The molecule has 1 atom stereocenters. The summed E-state index contributed by atoms with van der Waals surface area (Å²) in [5.41, 5.74) is 4.07. The van der Waals surface area contributed by atoms with Crippen molar-refractivity contribution in [1.82, 2.24) is 19.9 Å². The summed E-state index contributed by atoms with van der Waals surface area (Å²) in [4.78, 5) is 18.6. The molecule has 3 heterocycles. The summed E-state index contributed by atoms with van der Waals surface area (Å²) in [7, 11) is 2.10. The summed E-state index contributed by atoms with van der Waals surface area (Å²) in [6.07, 6.45) is 4.44. The van der Waals surface area contributed by atoms with Crippen LogP contribution in [-0.4, -0.2) is 53.1 Å². The van der Waals surface area contributed by atoms with Crippen molar-refractivity contribution < 1.29 is 0 Å². The first-order chi connectivity index (χ1) is 12.1. The summed E-state index contributed by atoms with van der Waals surface area (Å²) in [5, 5.41) is 0. The van der Waals surface area contributed by atoms with E-state index >= 15 is 0 Å².